The molecule has 0 saturated heterocycles. The van der Waals surface area contributed by atoms with Gasteiger partial charge in [0.15, 0.2) is 0 Å². The highest BCUT2D eigenvalue weighted by Gasteiger charge is 2.28. The summed E-state index contributed by atoms with van der Waals surface area (Å²) in [6.07, 6.45) is 5.45. The Hall–Kier alpha value is -2.32. The first-order valence-electron chi connectivity index (χ1n) is 11.1. The topological polar surface area (TPSA) is 84.8 Å². The van der Waals surface area contributed by atoms with E-state index < -0.39 is 0 Å². The predicted molar refractivity (Wildman–Crippen MR) is 128 cm³/mol. The van der Waals surface area contributed by atoms with Gasteiger partial charge in [0.25, 0.3) is 0 Å². The van der Waals surface area contributed by atoms with Crippen LogP contribution in [0, 0.1) is 25.7 Å². The number of aryl methyl sites for hydroxylation is 2. The lowest BCUT2D eigenvalue weighted by Gasteiger charge is -2.19. The van der Waals surface area contributed by atoms with Crippen molar-refractivity contribution in [2.45, 2.75) is 53.0 Å². The van der Waals surface area contributed by atoms with Crippen molar-refractivity contribution >= 4 is 33.3 Å². The van der Waals surface area contributed by atoms with E-state index in [0.717, 1.165) is 43.9 Å². The molecule has 0 radical (unpaired) electrons. The van der Waals surface area contributed by atoms with Gasteiger partial charge in [-0.15, -0.1) is 11.3 Å². The minimum atomic E-state index is 0.421. The Morgan fingerprint density at radius 3 is 2.71 bits per heavy atom. The number of fused-ring (bicyclic) bond motifs is 1. The SMILES string of the molecule is COCCNc1nc(C)c(-c2nc3c(C)nccc3s2)c(N[C@H]2CCC(C(C)C)C2)n1. The van der Waals surface area contributed by atoms with E-state index in [9.17, 15) is 0 Å². The third-order valence-electron chi connectivity index (χ3n) is 6.14. The van der Waals surface area contributed by atoms with Gasteiger partial charge in [0.05, 0.1) is 28.3 Å². The molecular weight excluding hydrogens is 408 g/mol. The van der Waals surface area contributed by atoms with E-state index in [-0.39, 0.29) is 0 Å². The molecule has 4 rings (SSSR count). The van der Waals surface area contributed by atoms with Gasteiger partial charge in [-0.3, -0.25) is 4.98 Å². The lowest BCUT2D eigenvalue weighted by molar-refractivity contribution is 0.210. The lowest BCUT2D eigenvalue weighted by atomic mass is 9.94. The van der Waals surface area contributed by atoms with Crippen molar-refractivity contribution in [1.82, 2.24) is 19.9 Å². The van der Waals surface area contributed by atoms with Crippen molar-refractivity contribution in [3.8, 4) is 10.6 Å². The van der Waals surface area contributed by atoms with E-state index in [1.807, 2.05) is 26.1 Å². The first-order chi connectivity index (χ1) is 15.0. The molecule has 2 N–H and O–H groups in total. The third-order valence-corrected chi connectivity index (χ3v) is 7.18. The number of hydrogen-bond acceptors (Lipinski definition) is 8. The average Bonchev–Trinajstić information content (AvgIpc) is 3.36. The summed E-state index contributed by atoms with van der Waals surface area (Å²) in [4.78, 5) is 18.9. The molecule has 0 spiro atoms. The van der Waals surface area contributed by atoms with Crippen LogP contribution in [-0.2, 0) is 4.74 Å². The van der Waals surface area contributed by atoms with Crippen molar-refractivity contribution < 1.29 is 4.74 Å². The molecule has 1 aliphatic carbocycles. The van der Waals surface area contributed by atoms with Gasteiger partial charge in [0, 0.05) is 25.9 Å². The lowest BCUT2D eigenvalue weighted by Crippen LogP contribution is -2.20. The zero-order chi connectivity index (χ0) is 22.0. The number of pyridine rings is 1. The van der Waals surface area contributed by atoms with Gasteiger partial charge in [-0.1, -0.05) is 13.8 Å². The summed E-state index contributed by atoms with van der Waals surface area (Å²) in [5, 5.41) is 7.97. The summed E-state index contributed by atoms with van der Waals surface area (Å²) in [7, 11) is 1.69. The van der Waals surface area contributed by atoms with Crippen molar-refractivity contribution in [3.63, 3.8) is 0 Å². The minimum absolute atomic E-state index is 0.421. The molecular formula is C23H32N6OS. The smallest absolute Gasteiger partial charge is 0.224 e. The number of ether oxygens (including phenoxy) is 1. The van der Waals surface area contributed by atoms with Crippen LogP contribution in [0.3, 0.4) is 0 Å². The van der Waals surface area contributed by atoms with Crippen LogP contribution in [0.5, 0.6) is 0 Å². The summed E-state index contributed by atoms with van der Waals surface area (Å²) < 4.78 is 6.29. The Bertz CT molecular complexity index is 1050. The molecule has 0 aromatic carbocycles. The van der Waals surface area contributed by atoms with E-state index in [4.69, 9.17) is 19.7 Å². The van der Waals surface area contributed by atoms with Crippen LogP contribution >= 0.6 is 11.3 Å². The first-order valence-corrected chi connectivity index (χ1v) is 11.9. The van der Waals surface area contributed by atoms with Crippen LogP contribution in [0.4, 0.5) is 11.8 Å². The normalized spacial score (nSPS) is 18.8. The summed E-state index contributed by atoms with van der Waals surface area (Å²) in [6.45, 7) is 9.95. The standard InChI is InChI=1S/C23H32N6OS/c1-13(2)16-6-7-17(12-16)27-21-19(14(3)26-23(29-21)25-10-11-30-5)22-28-20-15(4)24-9-8-18(20)31-22/h8-9,13,16-17H,6-7,10-12H2,1-5H3,(H2,25,26,27,29)/t16?,17-/m0/s1. The summed E-state index contributed by atoms with van der Waals surface area (Å²) in [5.41, 5.74) is 3.81. The molecule has 8 heteroatoms. The minimum Gasteiger partial charge on any atom is -0.383 e. The van der Waals surface area contributed by atoms with E-state index in [2.05, 4.69) is 29.5 Å². The molecule has 3 aromatic heterocycles. The van der Waals surface area contributed by atoms with Crippen LogP contribution in [-0.4, -0.2) is 46.2 Å². The van der Waals surface area contributed by atoms with E-state index >= 15 is 0 Å². The van der Waals surface area contributed by atoms with Crippen molar-refractivity contribution in [2.75, 3.05) is 30.9 Å². The highest BCUT2D eigenvalue weighted by molar-refractivity contribution is 7.21. The average molecular weight is 441 g/mol. The fourth-order valence-electron chi connectivity index (χ4n) is 4.31. The Morgan fingerprint density at radius 2 is 2.00 bits per heavy atom. The number of nitrogens with one attached hydrogen (secondary N) is 2. The number of methoxy groups -OCH3 is 1. The highest BCUT2D eigenvalue weighted by atomic mass is 32.1. The van der Waals surface area contributed by atoms with Crippen LogP contribution in [0.15, 0.2) is 12.3 Å². The quantitative estimate of drug-likeness (QED) is 0.474. The van der Waals surface area contributed by atoms with Crippen molar-refractivity contribution in [3.05, 3.63) is 23.7 Å². The van der Waals surface area contributed by atoms with Gasteiger partial charge in [-0.05, 0) is 51.0 Å². The van der Waals surface area contributed by atoms with Gasteiger partial charge in [-0.2, -0.15) is 4.98 Å². The number of anilines is 2. The summed E-state index contributed by atoms with van der Waals surface area (Å²) in [6, 6.07) is 2.45. The first kappa shape index (κ1) is 21.9. The number of rotatable bonds is 8. The Labute approximate surface area is 188 Å². The van der Waals surface area contributed by atoms with Crippen molar-refractivity contribution in [2.24, 2.45) is 11.8 Å². The number of hydrogen-bond donors (Lipinski definition) is 2. The van der Waals surface area contributed by atoms with Crippen LogP contribution in [0.1, 0.15) is 44.5 Å². The Kier molecular flexibility index (Phi) is 6.67. The Balaban J connectivity index is 1.71. The molecule has 1 aliphatic rings. The van der Waals surface area contributed by atoms with Gasteiger partial charge in [-0.25, -0.2) is 9.97 Å². The fraction of sp³-hybridized carbons (Fsp3) is 0.565. The fourth-order valence-corrected chi connectivity index (χ4v) is 5.42. The van der Waals surface area contributed by atoms with Crippen LogP contribution < -0.4 is 10.6 Å². The Morgan fingerprint density at radius 1 is 1.16 bits per heavy atom. The molecule has 3 aromatic rings. The van der Waals surface area contributed by atoms with Gasteiger partial charge >= 0.3 is 0 Å². The zero-order valence-electron chi connectivity index (χ0n) is 19.0. The van der Waals surface area contributed by atoms with E-state index in [1.54, 1.807) is 18.4 Å². The van der Waals surface area contributed by atoms with E-state index in [1.165, 1.54) is 19.3 Å². The molecule has 1 saturated carbocycles. The second-order valence-electron chi connectivity index (χ2n) is 8.70. The molecule has 3 heterocycles. The summed E-state index contributed by atoms with van der Waals surface area (Å²) in [5.74, 6) is 2.97. The number of thiazole rings is 1. The van der Waals surface area contributed by atoms with Gasteiger partial charge < -0.3 is 15.4 Å². The third kappa shape index (κ3) is 4.80. The van der Waals surface area contributed by atoms with Gasteiger partial charge in [0.1, 0.15) is 16.3 Å². The maximum Gasteiger partial charge on any atom is 0.224 e. The van der Waals surface area contributed by atoms with Crippen LogP contribution in [0.2, 0.25) is 0 Å². The monoisotopic (exact) mass is 440 g/mol. The molecule has 31 heavy (non-hydrogen) atoms. The zero-order valence-corrected chi connectivity index (χ0v) is 19.8. The maximum atomic E-state index is 5.16. The molecule has 1 fully saturated rings. The maximum absolute atomic E-state index is 5.16. The molecule has 2 atom stereocenters. The van der Waals surface area contributed by atoms with Gasteiger partial charge in [0.2, 0.25) is 5.95 Å². The predicted octanol–water partition coefficient (Wildman–Crippen LogP) is 5.06. The number of aromatic nitrogens is 4. The highest BCUT2D eigenvalue weighted by Crippen LogP contribution is 2.39. The molecule has 0 bridgehead atoms. The molecule has 1 unspecified atom stereocenters. The molecule has 166 valence electrons. The summed E-state index contributed by atoms with van der Waals surface area (Å²) >= 11 is 1.67. The molecule has 0 amide bonds. The van der Waals surface area contributed by atoms with Crippen LogP contribution in [0.25, 0.3) is 20.8 Å². The second-order valence-corrected chi connectivity index (χ2v) is 9.73. The molecule has 0 aliphatic heterocycles. The van der Waals surface area contributed by atoms with E-state index in [0.29, 0.717) is 31.1 Å². The molecule has 7 nitrogen and oxygen atoms in total. The van der Waals surface area contributed by atoms with Crippen molar-refractivity contribution in [1.29, 1.82) is 0 Å². The largest absolute Gasteiger partial charge is 0.383 e. The number of nitrogens with zero attached hydrogens (tertiary/aromatic N) is 4. The second kappa shape index (κ2) is 9.44.